The van der Waals surface area contributed by atoms with Crippen LogP contribution in [0, 0.1) is 5.41 Å². The molecule has 23 heteroatoms. The highest BCUT2D eigenvalue weighted by Gasteiger charge is 2.19. The number of aromatic carboxylic acids is 1. The Morgan fingerprint density at radius 3 is 1.83 bits per heavy atom. The number of aromatic nitrogens is 5. The van der Waals surface area contributed by atoms with Crippen LogP contribution in [0.4, 0.5) is 17.3 Å². The summed E-state index contributed by atoms with van der Waals surface area (Å²) in [6.45, 7) is 1.74. The van der Waals surface area contributed by atoms with Crippen LogP contribution in [0.25, 0.3) is 0 Å². The molecule has 0 aliphatic heterocycles. The Hall–Kier alpha value is -6.33. The molecular formula is C31H45N13O10. The largest absolute Gasteiger partial charge is 0.475 e. The second-order valence-corrected chi connectivity index (χ2v) is 11.4. The van der Waals surface area contributed by atoms with Crippen molar-refractivity contribution in [2.24, 2.45) is 26.9 Å². The van der Waals surface area contributed by atoms with Crippen LogP contribution in [0.15, 0.2) is 24.7 Å². The summed E-state index contributed by atoms with van der Waals surface area (Å²) < 4.78 is 20.0. The molecule has 10 N–H and O–H groups in total. The number of carboxylic acid groups (broad SMARTS) is 1. The lowest BCUT2D eigenvalue weighted by Crippen LogP contribution is -2.33. The zero-order chi connectivity index (χ0) is 39.6. The summed E-state index contributed by atoms with van der Waals surface area (Å²) in [5, 5.41) is 31.6. The van der Waals surface area contributed by atoms with Crippen molar-refractivity contribution in [3.8, 4) is 0 Å². The van der Waals surface area contributed by atoms with Crippen LogP contribution >= 0.6 is 0 Å². The predicted molar refractivity (Wildman–Crippen MR) is 191 cm³/mol. The third kappa shape index (κ3) is 14.4. The smallest absolute Gasteiger partial charge is 0.372 e. The van der Waals surface area contributed by atoms with Gasteiger partial charge in [0.2, 0.25) is 29.4 Å². The highest BCUT2D eigenvalue weighted by atomic mass is 16.5. The van der Waals surface area contributed by atoms with E-state index in [0.29, 0.717) is 26.4 Å². The number of nitrogens with zero attached hydrogens (tertiary/aromatic N) is 5. The number of nitrogens with one attached hydrogen (secondary N) is 7. The number of anilines is 3. The summed E-state index contributed by atoms with van der Waals surface area (Å²) in [4.78, 5) is 81.4. The van der Waals surface area contributed by atoms with Gasteiger partial charge in [-0.3, -0.25) is 29.4 Å². The highest BCUT2D eigenvalue weighted by Crippen LogP contribution is 2.16. The van der Waals surface area contributed by atoms with E-state index in [2.05, 4.69) is 41.9 Å². The number of amides is 5. The van der Waals surface area contributed by atoms with Gasteiger partial charge in [-0.25, -0.2) is 14.8 Å². The second kappa shape index (κ2) is 21.3. The zero-order valence-corrected chi connectivity index (χ0v) is 30.0. The number of guanidine groups is 1. The van der Waals surface area contributed by atoms with Crippen molar-refractivity contribution in [1.82, 2.24) is 39.6 Å². The standard InChI is InChI=1S/C31H45N13O10/c1-42-15-19(14-20(42)28(48)35-7-5-24(46)39-22-17-44(3)27(41-22)30(50)51)37-29(49)26-40-21(16-43(26)2)38-23(45)4-6-34-25(47)18-54-13-12-53-11-10-52-9-8-36-31(32)33/h14-17H,4-13,18H2,1-3H3,(H,34,47)(H,35,48)(H,37,49)(H,38,45)(H,39,46)(H,50,51)(H4,32,33,36). The molecule has 0 unspecified atom stereocenters. The van der Waals surface area contributed by atoms with Crippen molar-refractivity contribution in [1.29, 1.82) is 5.41 Å². The molecule has 3 aromatic heterocycles. The molecule has 0 aromatic carbocycles. The number of aryl methyl sites for hydroxylation is 3. The quantitative estimate of drug-likeness (QED) is 0.0292. The Kier molecular flexibility index (Phi) is 16.6. The van der Waals surface area contributed by atoms with Crippen molar-refractivity contribution >= 4 is 58.8 Å². The molecule has 23 nitrogen and oxygen atoms in total. The molecule has 0 saturated heterocycles. The number of imidazole rings is 2. The van der Waals surface area contributed by atoms with Gasteiger partial charge in [0, 0.05) is 72.2 Å². The SMILES string of the molecule is Cn1cc(NC(=O)c2nc(NC(=O)CCNC(=O)COCCOCCOCCNC(=N)N)cn2C)cc1C(=O)NCCC(=O)Nc1cn(C)c(C(=O)O)n1. The van der Waals surface area contributed by atoms with E-state index < -0.39 is 35.5 Å². The number of carbonyl (C=O) groups is 6. The lowest BCUT2D eigenvalue weighted by atomic mass is 10.3. The Balaban J connectivity index is 1.32. The normalized spacial score (nSPS) is 10.7. The molecule has 54 heavy (non-hydrogen) atoms. The Labute approximate surface area is 308 Å². The zero-order valence-electron chi connectivity index (χ0n) is 30.0. The van der Waals surface area contributed by atoms with Crippen molar-refractivity contribution in [2.45, 2.75) is 12.8 Å². The molecule has 0 saturated carbocycles. The van der Waals surface area contributed by atoms with Gasteiger partial charge in [-0.2, -0.15) is 0 Å². The monoisotopic (exact) mass is 759 g/mol. The maximum absolute atomic E-state index is 13.0. The third-order valence-electron chi connectivity index (χ3n) is 7.03. The first-order valence-corrected chi connectivity index (χ1v) is 16.5. The maximum atomic E-state index is 13.0. The molecule has 0 atom stereocenters. The fourth-order valence-corrected chi connectivity index (χ4v) is 4.53. The van der Waals surface area contributed by atoms with E-state index in [9.17, 15) is 28.8 Å². The Bertz CT molecular complexity index is 1800. The van der Waals surface area contributed by atoms with Crippen molar-refractivity contribution in [3.05, 3.63) is 42.0 Å². The third-order valence-corrected chi connectivity index (χ3v) is 7.03. The van der Waals surface area contributed by atoms with Crippen LogP contribution in [0.2, 0.25) is 0 Å². The molecule has 0 aliphatic carbocycles. The van der Waals surface area contributed by atoms with Crippen molar-refractivity contribution in [3.63, 3.8) is 0 Å². The van der Waals surface area contributed by atoms with E-state index in [1.807, 2.05) is 0 Å². The first-order valence-electron chi connectivity index (χ1n) is 16.5. The van der Waals surface area contributed by atoms with Gasteiger partial charge in [0.15, 0.2) is 17.6 Å². The topological polar surface area (TPSA) is 313 Å². The van der Waals surface area contributed by atoms with Gasteiger partial charge in [-0.1, -0.05) is 0 Å². The van der Waals surface area contributed by atoms with Gasteiger partial charge in [0.25, 0.3) is 11.8 Å². The molecule has 0 bridgehead atoms. The average molecular weight is 760 g/mol. The molecule has 3 heterocycles. The first-order chi connectivity index (χ1) is 25.7. The fourth-order valence-electron chi connectivity index (χ4n) is 4.53. The number of rotatable bonds is 23. The minimum atomic E-state index is -1.24. The van der Waals surface area contributed by atoms with Crippen LogP contribution in [0.3, 0.4) is 0 Å². The van der Waals surface area contributed by atoms with Crippen molar-refractivity contribution < 1.29 is 48.1 Å². The molecule has 0 radical (unpaired) electrons. The molecule has 3 rings (SSSR count). The second-order valence-electron chi connectivity index (χ2n) is 11.4. The number of hydrogen-bond donors (Lipinski definition) is 9. The van der Waals surface area contributed by atoms with Gasteiger partial charge < -0.3 is 70.7 Å². The van der Waals surface area contributed by atoms with Gasteiger partial charge in [0.05, 0.1) is 38.7 Å². The van der Waals surface area contributed by atoms with E-state index in [1.165, 1.54) is 45.4 Å². The molecule has 3 aromatic rings. The van der Waals surface area contributed by atoms with Crippen LogP contribution < -0.4 is 37.6 Å². The summed E-state index contributed by atoms with van der Waals surface area (Å²) >= 11 is 0. The molecule has 0 spiro atoms. The summed E-state index contributed by atoms with van der Waals surface area (Å²) in [5.74, 6) is -3.93. The van der Waals surface area contributed by atoms with E-state index in [-0.39, 0.29) is 86.4 Å². The number of carboxylic acids is 1. The van der Waals surface area contributed by atoms with Crippen LogP contribution in [-0.4, -0.2) is 130 Å². The van der Waals surface area contributed by atoms with E-state index in [1.54, 1.807) is 14.1 Å². The lowest BCUT2D eigenvalue weighted by molar-refractivity contribution is -0.126. The van der Waals surface area contributed by atoms with E-state index in [4.69, 9.17) is 30.5 Å². The summed E-state index contributed by atoms with van der Waals surface area (Å²) in [7, 11) is 4.63. The maximum Gasteiger partial charge on any atom is 0.372 e. The molecule has 5 amide bonds. The summed E-state index contributed by atoms with van der Waals surface area (Å²) in [5.41, 5.74) is 5.64. The summed E-state index contributed by atoms with van der Waals surface area (Å²) in [6, 6.07) is 1.44. The van der Waals surface area contributed by atoms with Crippen molar-refractivity contribution in [2.75, 3.05) is 75.2 Å². The Morgan fingerprint density at radius 1 is 0.685 bits per heavy atom. The van der Waals surface area contributed by atoms with Crippen LogP contribution in [-0.2, 0) is 49.7 Å². The fraction of sp³-hybridized carbons (Fsp3) is 0.452. The first kappa shape index (κ1) is 42.1. The Morgan fingerprint density at radius 2 is 1.24 bits per heavy atom. The van der Waals surface area contributed by atoms with E-state index in [0.717, 1.165) is 0 Å². The molecule has 0 fully saturated rings. The highest BCUT2D eigenvalue weighted by molar-refractivity contribution is 6.03. The number of hydrogen-bond acceptors (Lipinski definition) is 12. The lowest BCUT2D eigenvalue weighted by Gasteiger charge is -2.08. The average Bonchev–Trinajstić information content (AvgIpc) is 3.78. The molecule has 294 valence electrons. The van der Waals surface area contributed by atoms with Gasteiger partial charge >= 0.3 is 5.97 Å². The van der Waals surface area contributed by atoms with Crippen LogP contribution in [0.5, 0.6) is 0 Å². The number of carbonyl (C=O) groups excluding carboxylic acids is 5. The van der Waals surface area contributed by atoms with Gasteiger partial charge in [0.1, 0.15) is 12.3 Å². The molecule has 0 aliphatic rings. The van der Waals surface area contributed by atoms with Crippen LogP contribution in [0.1, 0.15) is 44.6 Å². The minimum absolute atomic E-state index is 0.0292. The predicted octanol–water partition coefficient (Wildman–Crippen LogP) is -1.82. The number of ether oxygens (including phenoxy) is 3. The van der Waals surface area contributed by atoms with Gasteiger partial charge in [-0.05, 0) is 6.07 Å². The molecular weight excluding hydrogens is 714 g/mol. The minimum Gasteiger partial charge on any atom is -0.475 e. The number of nitrogens with two attached hydrogens (primary N) is 1. The van der Waals surface area contributed by atoms with Gasteiger partial charge in [-0.15, -0.1) is 0 Å². The summed E-state index contributed by atoms with van der Waals surface area (Å²) in [6.07, 6.45) is 4.13. The van der Waals surface area contributed by atoms with E-state index >= 15 is 0 Å².